The van der Waals surface area contributed by atoms with Crippen molar-refractivity contribution in [2.24, 2.45) is 11.7 Å². The van der Waals surface area contributed by atoms with Gasteiger partial charge in [-0.2, -0.15) is 0 Å². The predicted octanol–water partition coefficient (Wildman–Crippen LogP) is 2.70. The molecule has 1 aromatic rings. The van der Waals surface area contributed by atoms with Crippen LogP contribution in [-0.4, -0.2) is 11.1 Å². The summed E-state index contributed by atoms with van der Waals surface area (Å²) < 4.78 is 0. The van der Waals surface area contributed by atoms with Crippen LogP contribution in [0.2, 0.25) is 0 Å². The van der Waals surface area contributed by atoms with E-state index in [4.69, 9.17) is 5.73 Å². The molecule has 2 nitrogen and oxygen atoms in total. The molecule has 0 saturated carbocycles. The van der Waals surface area contributed by atoms with Crippen molar-refractivity contribution in [1.82, 2.24) is 0 Å². The van der Waals surface area contributed by atoms with Crippen molar-refractivity contribution in [2.45, 2.75) is 39.2 Å². The van der Waals surface area contributed by atoms with Gasteiger partial charge in [0.2, 0.25) is 0 Å². The quantitative estimate of drug-likeness (QED) is 0.779. The normalized spacial score (nSPS) is 13.1. The largest absolute Gasteiger partial charge is 0.508 e. The van der Waals surface area contributed by atoms with E-state index in [2.05, 4.69) is 13.8 Å². The molecular weight excluding hydrogens is 186 g/mol. The average molecular weight is 207 g/mol. The molecule has 0 aliphatic carbocycles. The van der Waals surface area contributed by atoms with E-state index in [-0.39, 0.29) is 6.04 Å². The van der Waals surface area contributed by atoms with E-state index in [1.54, 1.807) is 6.07 Å². The number of rotatable bonds is 5. The Hall–Kier alpha value is -1.02. The minimum Gasteiger partial charge on any atom is -0.508 e. The number of aromatic hydroxyl groups is 1. The first-order valence-corrected chi connectivity index (χ1v) is 5.61. The smallest absolute Gasteiger partial charge is 0.115 e. The highest BCUT2D eigenvalue weighted by Gasteiger charge is 2.05. The molecule has 0 bridgehead atoms. The van der Waals surface area contributed by atoms with Gasteiger partial charge in [0.1, 0.15) is 5.75 Å². The van der Waals surface area contributed by atoms with Crippen LogP contribution in [0.25, 0.3) is 0 Å². The summed E-state index contributed by atoms with van der Waals surface area (Å²) in [4.78, 5) is 0. The van der Waals surface area contributed by atoms with Crippen LogP contribution >= 0.6 is 0 Å². The van der Waals surface area contributed by atoms with E-state index in [9.17, 15) is 5.11 Å². The zero-order chi connectivity index (χ0) is 11.3. The Kier molecular flexibility index (Phi) is 4.63. The Morgan fingerprint density at radius 2 is 2.07 bits per heavy atom. The third kappa shape index (κ3) is 4.84. The summed E-state index contributed by atoms with van der Waals surface area (Å²) in [5, 5.41) is 9.29. The molecule has 0 heterocycles. The maximum Gasteiger partial charge on any atom is 0.115 e. The van der Waals surface area contributed by atoms with Gasteiger partial charge in [0.05, 0.1) is 0 Å². The van der Waals surface area contributed by atoms with E-state index >= 15 is 0 Å². The molecule has 0 aliphatic rings. The van der Waals surface area contributed by atoms with Crippen LogP contribution in [-0.2, 0) is 6.42 Å². The molecule has 1 aromatic carbocycles. The zero-order valence-corrected chi connectivity index (χ0v) is 9.61. The lowest BCUT2D eigenvalue weighted by atomic mass is 9.98. The molecule has 1 rings (SSSR count). The number of aryl methyl sites for hydroxylation is 1. The fourth-order valence-electron chi connectivity index (χ4n) is 1.79. The van der Waals surface area contributed by atoms with Crippen molar-refractivity contribution < 1.29 is 5.11 Å². The lowest BCUT2D eigenvalue weighted by molar-refractivity contribution is 0.467. The van der Waals surface area contributed by atoms with Gasteiger partial charge in [0, 0.05) is 6.04 Å². The van der Waals surface area contributed by atoms with Gasteiger partial charge in [-0.15, -0.1) is 0 Å². The van der Waals surface area contributed by atoms with Crippen LogP contribution in [0.15, 0.2) is 24.3 Å². The van der Waals surface area contributed by atoms with Crippen molar-refractivity contribution in [3.05, 3.63) is 29.8 Å². The Bertz CT molecular complexity index is 296. The average Bonchev–Trinajstić information content (AvgIpc) is 2.14. The summed E-state index contributed by atoms with van der Waals surface area (Å²) in [6.07, 6.45) is 3.00. The van der Waals surface area contributed by atoms with Crippen LogP contribution in [0.5, 0.6) is 5.75 Å². The maximum absolute atomic E-state index is 9.29. The topological polar surface area (TPSA) is 46.2 Å². The third-order valence-corrected chi connectivity index (χ3v) is 2.49. The molecule has 3 N–H and O–H groups in total. The lowest BCUT2D eigenvalue weighted by Gasteiger charge is -2.13. The van der Waals surface area contributed by atoms with Gasteiger partial charge in [-0.3, -0.25) is 0 Å². The molecule has 0 saturated heterocycles. The summed E-state index contributed by atoms with van der Waals surface area (Å²) in [5.74, 6) is 0.995. The molecule has 0 fully saturated rings. The number of hydrogen-bond donors (Lipinski definition) is 2. The maximum atomic E-state index is 9.29. The van der Waals surface area contributed by atoms with Gasteiger partial charge in [0.25, 0.3) is 0 Å². The standard InChI is InChI=1S/C13H21NO/c1-10(2)8-12(14)7-6-11-4-3-5-13(15)9-11/h3-5,9-10,12,15H,6-8,14H2,1-2H3. The second-order valence-electron chi connectivity index (χ2n) is 4.60. The zero-order valence-electron chi connectivity index (χ0n) is 9.61. The molecule has 0 aliphatic heterocycles. The number of benzene rings is 1. The Balaban J connectivity index is 2.36. The summed E-state index contributed by atoms with van der Waals surface area (Å²) in [6.45, 7) is 4.38. The fraction of sp³-hybridized carbons (Fsp3) is 0.538. The SMILES string of the molecule is CC(C)CC(N)CCc1cccc(O)c1. The van der Waals surface area contributed by atoms with Gasteiger partial charge in [-0.25, -0.2) is 0 Å². The number of phenolic OH excluding ortho intramolecular Hbond substituents is 1. The van der Waals surface area contributed by atoms with Crippen LogP contribution < -0.4 is 5.73 Å². The molecule has 1 unspecified atom stereocenters. The van der Waals surface area contributed by atoms with Gasteiger partial charge in [-0.05, 0) is 42.9 Å². The van der Waals surface area contributed by atoms with Gasteiger partial charge < -0.3 is 10.8 Å². The minimum absolute atomic E-state index is 0.271. The molecule has 1 atom stereocenters. The third-order valence-electron chi connectivity index (χ3n) is 2.49. The first-order chi connectivity index (χ1) is 7.08. The fourth-order valence-corrected chi connectivity index (χ4v) is 1.79. The number of nitrogens with two attached hydrogens (primary N) is 1. The van der Waals surface area contributed by atoms with Crippen molar-refractivity contribution in [2.75, 3.05) is 0 Å². The number of phenols is 1. The van der Waals surface area contributed by atoms with E-state index < -0.39 is 0 Å². The highest BCUT2D eigenvalue weighted by atomic mass is 16.3. The minimum atomic E-state index is 0.271. The van der Waals surface area contributed by atoms with Crippen LogP contribution in [0.3, 0.4) is 0 Å². The summed E-state index contributed by atoms with van der Waals surface area (Å²) in [7, 11) is 0. The van der Waals surface area contributed by atoms with E-state index in [1.165, 1.54) is 0 Å². The Morgan fingerprint density at radius 1 is 1.33 bits per heavy atom. The molecule has 0 spiro atoms. The second kappa shape index (κ2) is 5.76. The molecular formula is C13H21NO. The monoisotopic (exact) mass is 207 g/mol. The van der Waals surface area contributed by atoms with E-state index in [0.717, 1.165) is 24.8 Å². The highest BCUT2D eigenvalue weighted by molar-refractivity contribution is 5.27. The van der Waals surface area contributed by atoms with Crippen molar-refractivity contribution >= 4 is 0 Å². The van der Waals surface area contributed by atoms with Crippen LogP contribution in [0.1, 0.15) is 32.3 Å². The molecule has 15 heavy (non-hydrogen) atoms. The lowest BCUT2D eigenvalue weighted by Crippen LogP contribution is -2.22. The van der Waals surface area contributed by atoms with Gasteiger partial charge in [0.15, 0.2) is 0 Å². The second-order valence-corrected chi connectivity index (χ2v) is 4.60. The summed E-state index contributed by atoms with van der Waals surface area (Å²) >= 11 is 0. The summed E-state index contributed by atoms with van der Waals surface area (Å²) in [6, 6.07) is 7.67. The van der Waals surface area contributed by atoms with E-state index in [1.807, 2.05) is 18.2 Å². The van der Waals surface area contributed by atoms with Crippen molar-refractivity contribution in [3.63, 3.8) is 0 Å². The molecule has 0 aromatic heterocycles. The number of hydrogen-bond acceptors (Lipinski definition) is 2. The van der Waals surface area contributed by atoms with Crippen LogP contribution in [0.4, 0.5) is 0 Å². The first kappa shape index (κ1) is 12.1. The molecule has 0 amide bonds. The summed E-state index contributed by atoms with van der Waals surface area (Å²) in [5.41, 5.74) is 7.16. The van der Waals surface area contributed by atoms with Crippen molar-refractivity contribution in [1.29, 1.82) is 0 Å². The van der Waals surface area contributed by atoms with Gasteiger partial charge >= 0.3 is 0 Å². The predicted molar refractivity (Wildman–Crippen MR) is 63.9 cm³/mol. The van der Waals surface area contributed by atoms with Crippen molar-refractivity contribution in [3.8, 4) is 5.75 Å². The van der Waals surface area contributed by atoms with Crippen LogP contribution in [0, 0.1) is 5.92 Å². The molecule has 84 valence electrons. The highest BCUT2D eigenvalue weighted by Crippen LogP contribution is 2.14. The Labute approximate surface area is 92.1 Å². The molecule has 2 heteroatoms. The first-order valence-electron chi connectivity index (χ1n) is 5.61. The van der Waals surface area contributed by atoms with E-state index in [0.29, 0.717) is 11.7 Å². The van der Waals surface area contributed by atoms with Gasteiger partial charge in [-0.1, -0.05) is 26.0 Å². The molecule has 0 radical (unpaired) electrons. The Morgan fingerprint density at radius 3 is 2.67 bits per heavy atom.